The van der Waals surface area contributed by atoms with Crippen LogP contribution in [0, 0.1) is 6.92 Å². The van der Waals surface area contributed by atoms with Gasteiger partial charge in [-0.3, -0.25) is 0 Å². The highest BCUT2D eigenvalue weighted by Gasteiger charge is 2.06. The first kappa shape index (κ1) is 13.6. The number of benzene rings is 2. The molecule has 0 saturated carbocycles. The highest BCUT2D eigenvalue weighted by Crippen LogP contribution is 2.29. The van der Waals surface area contributed by atoms with Crippen molar-refractivity contribution in [3.63, 3.8) is 0 Å². The van der Waals surface area contributed by atoms with Crippen LogP contribution >= 0.6 is 0 Å². The highest BCUT2D eigenvalue weighted by molar-refractivity contribution is 5.88. The van der Waals surface area contributed by atoms with Gasteiger partial charge in [0.1, 0.15) is 5.75 Å². The van der Waals surface area contributed by atoms with Gasteiger partial charge >= 0.3 is 0 Å². The minimum atomic E-state index is 0.628. The van der Waals surface area contributed by atoms with Gasteiger partial charge < -0.3 is 10.1 Å². The number of ether oxygens (including phenoxy) is 1. The number of nitrogens with one attached hydrogen (secondary N) is 1. The summed E-state index contributed by atoms with van der Waals surface area (Å²) in [6, 6.07) is 18.2. The first-order valence-corrected chi connectivity index (χ1v) is 7.04. The van der Waals surface area contributed by atoms with Crippen LogP contribution in [-0.4, -0.2) is 12.0 Å². The molecule has 0 radical (unpaired) electrons. The monoisotopic (exact) mass is 278 g/mol. The Kier molecular flexibility index (Phi) is 3.84. The molecule has 2 aromatic carbocycles. The van der Waals surface area contributed by atoms with Gasteiger partial charge in [0.2, 0.25) is 5.88 Å². The van der Waals surface area contributed by atoms with Crippen molar-refractivity contribution in [1.29, 1.82) is 0 Å². The number of rotatable bonds is 4. The molecular formula is C18H18N2O. The van der Waals surface area contributed by atoms with Crippen molar-refractivity contribution in [2.24, 2.45) is 0 Å². The molecule has 3 aromatic rings. The number of aryl methyl sites for hydroxylation is 1. The Morgan fingerprint density at radius 3 is 2.62 bits per heavy atom. The van der Waals surface area contributed by atoms with E-state index in [1.807, 2.05) is 44.3 Å². The first-order valence-electron chi connectivity index (χ1n) is 7.04. The van der Waals surface area contributed by atoms with Gasteiger partial charge in [-0.1, -0.05) is 42.5 Å². The number of pyridine rings is 1. The quantitative estimate of drug-likeness (QED) is 0.781. The maximum Gasteiger partial charge on any atom is 0.219 e. The van der Waals surface area contributed by atoms with E-state index in [9.17, 15) is 0 Å². The predicted octanol–water partition coefficient (Wildman–Crippen LogP) is 4.05. The largest absolute Gasteiger partial charge is 0.438 e. The van der Waals surface area contributed by atoms with Crippen molar-refractivity contribution in [3.05, 3.63) is 65.9 Å². The van der Waals surface area contributed by atoms with Crippen LogP contribution in [0.5, 0.6) is 11.6 Å². The van der Waals surface area contributed by atoms with E-state index in [1.165, 1.54) is 10.9 Å². The Morgan fingerprint density at radius 2 is 1.81 bits per heavy atom. The minimum Gasteiger partial charge on any atom is -0.438 e. The third-order valence-corrected chi connectivity index (χ3v) is 3.50. The molecule has 3 heteroatoms. The molecule has 0 aliphatic carbocycles. The summed E-state index contributed by atoms with van der Waals surface area (Å²) in [6.45, 7) is 2.82. The molecule has 3 nitrogen and oxygen atoms in total. The number of fused-ring (bicyclic) bond motifs is 1. The van der Waals surface area contributed by atoms with E-state index in [2.05, 4.69) is 34.6 Å². The molecule has 3 rings (SSSR count). The fourth-order valence-electron chi connectivity index (χ4n) is 2.40. The number of aromatic nitrogens is 1. The van der Waals surface area contributed by atoms with Gasteiger partial charge in [-0.15, -0.1) is 0 Å². The molecule has 0 aliphatic rings. The molecule has 0 saturated heterocycles. The lowest BCUT2D eigenvalue weighted by atomic mass is 10.1. The second kappa shape index (κ2) is 5.94. The van der Waals surface area contributed by atoms with Crippen LogP contribution in [0.1, 0.15) is 11.3 Å². The first-order chi connectivity index (χ1) is 10.3. The van der Waals surface area contributed by atoms with E-state index in [1.54, 1.807) is 0 Å². The maximum atomic E-state index is 5.97. The molecule has 0 amide bonds. The summed E-state index contributed by atoms with van der Waals surface area (Å²) >= 11 is 0. The Balaban J connectivity index is 1.93. The summed E-state index contributed by atoms with van der Waals surface area (Å²) in [7, 11) is 1.93. The lowest BCUT2D eigenvalue weighted by Gasteiger charge is -2.10. The van der Waals surface area contributed by atoms with E-state index in [0.29, 0.717) is 5.88 Å². The van der Waals surface area contributed by atoms with Crippen LogP contribution in [-0.2, 0) is 6.54 Å². The van der Waals surface area contributed by atoms with Gasteiger partial charge in [0.15, 0.2) is 0 Å². The molecule has 0 bridgehead atoms. The highest BCUT2D eigenvalue weighted by atomic mass is 16.5. The molecule has 106 valence electrons. The van der Waals surface area contributed by atoms with E-state index in [0.717, 1.165) is 23.4 Å². The summed E-state index contributed by atoms with van der Waals surface area (Å²) in [5.41, 5.74) is 2.17. The zero-order valence-electron chi connectivity index (χ0n) is 12.3. The van der Waals surface area contributed by atoms with Crippen LogP contribution in [0.15, 0.2) is 54.6 Å². The normalized spacial score (nSPS) is 10.8. The molecular weight excluding hydrogens is 260 g/mol. The molecule has 0 atom stereocenters. The van der Waals surface area contributed by atoms with Crippen LogP contribution in [0.25, 0.3) is 10.8 Å². The molecule has 1 N–H and O–H groups in total. The van der Waals surface area contributed by atoms with Crippen LogP contribution in [0.3, 0.4) is 0 Å². The fraction of sp³-hybridized carbons (Fsp3) is 0.167. The summed E-state index contributed by atoms with van der Waals surface area (Å²) in [6.07, 6.45) is 0. The van der Waals surface area contributed by atoms with Crippen LogP contribution in [0.4, 0.5) is 0 Å². The Labute approximate surface area is 124 Å². The second-order valence-corrected chi connectivity index (χ2v) is 5.00. The van der Waals surface area contributed by atoms with E-state index in [-0.39, 0.29) is 0 Å². The zero-order chi connectivity index (χ0) is 14.7. The third kappa shape index (κ3) is 2.88. The number of hydrogen-bond acceptors (Lipinski definition) is 3. The molecule has 0 unspecified atom stereocenters. The van der Waals surface area contributed by atoms with Crippen LogP contribution < -0.4 is 10.1 Å². The lowest BCUT2D eigenvalue weighted by molar-refractivity contribution is 0.466. The summed E-state index contributed by atoms with van der Waals surface area (Å²) in [5, 5.41) is 5.40. The van der Waals surface area contributed by atoms with Crippen molar-refractivity contribution in [1.82, 2.24) is 10.3 Å². The molecule has 1 aromatic heterocycles. The maximum absolute atomic E-state index is 5.97. The second-order valence-electron chi connectivity index (χ2n) is 5.00. The van der Waals surface area contributed by atoms with Crippen molar-refractivity contribution >= 4 is 10.8 Å². The SMILES string of the molecule is CNCc1ccc(Oc2cccc3ccccc23)nc1C. The van der Waals surface area contributed by atoms with Gasteiger partial charge in [0.25, 0.3) is 0 Å². The molecule has 21 heavy (non-hydrogen) atoms. The summed E-state index contributed by atoms with van der Waals surface area (Å²) < 4.78 is 5.97. The molecule has 0 spiro atoms. The van der Waals surface area contributed by atoms with Gasteiger partial charge in [-0.05, 0) is 31.0 Å². The molecule has 0 fully saturated rings. The van der Waals surface area contributed by atoms with Crippen molar-refractivity contribution in [3.8, 4) is 11.6 Å². The lowest BCUT2D eigenvalue weighted by Crippen LogP contribution is -2.07. The van der Waals surface area contributed by atoms with Crippen molar-refractivity contribution < 1.29 is 4.74 Å². The topological polar surface area (TPSA) is 34.1 Å². The predicted molar refractivity (Wildman–Crippen MR) is 85.8 cm³/mol. The standard InChI is InChI=1S/C18H18N2O/c1-13-15(12-19-2)10-11-18(20-13)21-17-9-5-7-14-6-3-4-8-16(14)17/h3-11,19H,12H2,1-2H3. The Hall–Kier alpha value is -2.39. The van der Waals surface area contributed by atoms with E-state index in [4.69, 9.17) is 4.74 Å². The molecule has 1 heterocycles. The molecule has 0 aliphatic heterocycles. The zero-order valence-corrected chi connectivity index (χ0v) is 12.3. The smallest absolute Gasteiger partial charge is 0.219 e. The van der Waals surface area contributed by atoms with E-state index >= 15 is 0 Å². The van der Waals surface area contributed by atoms with Gasteiger partial charge in [0.05, 0.1) is 0 Å². The third-order valence-electron chi connectivity index (χ3n) is 3.50. The Morgan fingerprint density at radius 1 is 1.00 bits per heavy atom. The average Bonchev–Trinajstić information content (AvgIpc) is 2.51. The summed E-state index contributed by atoms with van der Waals surface area (Å²) in [4.78, 5) is 4.53. The van der Waals surface area contributed by atoms with Crippen molar-refractivity contribution in [2.75, 3.05) is 7.05 Å². The Bertz CT molecular complexity index is 763. The van der Waals surface area contributed by atoms with Gasteiger partial charge in [-0.2, -0.15) is 0 Å². The van der Waals surface area contributed by atoms with Crippen LogP contribution in [0.2, 0.25) is 0 Å². The van der Waals surface area contributed by atoms with E-state index < -0.39 is 0 Å². The average molecular weight is 278 g/mol. The summed E-state index contributed by atoms with van der Waals surface area (Å²) in [5.74, 6) is 1.46. The van der Waals surface area contributed by atoms with Crippen molar-refractivity contribution in [2.45, 2.75) is 13.5 Å². The fourth-order valence-corrected chi connectivity index (χ4v) is 2.40. The number of nitrogens with zero attached hydrogens (tertiary/aromatic N) is 1. The van der Waals surface area contributed by atoms with Gasteiger partial charge in [-0.25, -0.2) is 4.98 Å². The van der Waals surface area contributed by atoms with Gasteiger partial charge in [0, 0.05) is 23.7 Å². The minimum absolute atomic E-state index is 0.628. The number of hydrogen-bond donors (Lipinski definition) is 1.